The van der Waals surface area contributed by atoms with E-state index in [4.69, 9.17) is 0 Å². The van der Waals surface area contributed by atoms with Crippen LogP contribution in [0.2, 0.25) is 0 Å². The van der Waals surface area contributed by atoms with Crippen molar-refractivity contribution < 1.29 is 0 Å². The normalized spacial score (nSPS) is 13.8. The minimum atomic E-state index is 0.300. The van der Waals surface area contributed by atoms with Crippen molar-refractivity contribution in [2.24, 2.45) is 0 Å². The van der Waals surface area contributed by atoms with Crippen LogP contribution in [0.25, 0.3) is 0 Å². The van der Waals surface area contributed by atoms with Crippen LogP contribution in [0, 0.1) is 0 Å². The average molecular weight is 268 g/mol. The van der Waals surface area contributed by atoms with Gasteiger partial charge in [-0.05, 0) is 52.7 Å². The summed E-state index contributed by atoms with van der Waals surface area (Å²) < 4.78 is 0. The lowest BCUT2D eigenvalue weighted by atomic mass is 9.80. The van der Waals surface area contributed by atoms with Gasteiger partial charge >= 0.3 is 0 Å². The van der Waals surface area contributed by atoms with Crippen molar-refractivity contribution in [3.63, 3.8) is 0 Å². The quantitative estimate of drug-likeness (QED) is 0.421. The Morgan fingerprint density at radius 3 is 2.16 bits per heavy atom. The molecule has 0 aromatic carbocycles. The van der Waals surface area contributed by atoms with Crippen LogP contribution in [-0.4, -0.2) is 37.1 Å². The van der Waals surface area contributed by atoms with Gasteiger partial charge in [0.2, 0.25) is 0 Å². The van der Waals surface area contributed by atoms with E-state index in [0.29, 0.717) is 11.6 Å². The lowest BCUT2D eigenvalue weighted by Crippen LogP contribution is -2.58. The first-order chi connectivity index (χ1) is 9.08. The third-order valence-corrected chi connectivity index (χ3v) is 4.62. The van der Waals surface area contributed by atoms with Crippen LogP contribution < -0.4 is 5.32 Å². The summed E-state index contributed by atoms with van der Waals surface area (Å²) in [5.41, 5.74) is 0.300. The Balaban J connectivity index is 4.53. The van der Waals surface area contributed by atoms with E-state index in [-0.39, 0.29) is 0 Å². The highest BCUT2D eigenvalue weighted by molar-refractivity contribution is 4.96. The molecule has 0 aliphatic carbocycles. The molecule has 0 fully saturated rings. The second kappa shape index (κ2) is 10.4. The zero-order chi connectivity index (χ0) is 14.7. The van der Waals surface area contributed by atoms with Crippen LogP contribution >= 0.6 is 0 Å². The topological polar surface area (TPSA) is 15.3 Å². The van der Waals surface area contributed by atoms with Gasteiger partial charge in [0.15, 0.2) is 0 Å². The molecule has 0 bridgehead atoms. The van der Waals surface area contributed by atoms with E-state index in [1.165, 1.54) is 38.5 Å². The monoisotopic (exact) mass is 268 g/mol. The minimum Gasteiger partial charge on any atom is -0.312 e. The van der Waals surface area contributed by atoms with Gasteiger partial charge in [0.05, 0.1) is 0 Å². The van der Waals surface area contributed by atoms with E-state index >= 15 is 0 Å². The smallest absolute Gasteiger partial charge is 0.0351 e. The molecule has 0 spiro atoms. The molecule has 0 heterocycles. The van der Waals surface area contributed by atoms with Gasteiger partial charge in [-0.2, -0.15) is 0 Å². The van der Waals surface area contributed by atoms with Crippen molar-refractivity contribution in [3.8, 4) is 0 Å². The van der Waals surface area contributed by atoms with Gasteiger partial charge < -0.3 is 10.2 Å². The second-order valence-electron chi connectivity index (χ2n) is 5.74. The maximum absolute atomic E-state index is 3.79. The summed E-state index contributed by atoms with van der Waals surface area (Å²) in [7, 11) is 4.46. The van der Waals surface area contributed by atoms with Crippen molar-refractivity contribution in [3.05, 3.63) is 12.7 Å². The number of nitrogens with zero attached hydrogens (tertiary/aromatic N) is 1. The van der Waals surface area contributed by atoms with E-state index in [1.807, 2.05) is 6.08 Å². The van der Waals surface area contributed by atoms with Crippen molar-refractivity contribution in [1.82, 2.24) is 10.2 Å². The number of likely N-dealkylation sites (N-methyl/N-ethyl adjacent to an activating group) is 2. The second-order valence-corrected chi connectivity index (χ2v) is 5.74. The molecule has 0 amide bonds. The van der Waals surface area contributed by atoms with Crippen molar-refractivity contribution >= 4 is 0 Å². The molecule has 2 nitrogen and oxygen atoms in total. The van der Waals surface area contributed by atoms with E-state index in [2.05, 4.69) is 51.7 Å². The Labute approximate surface area is 121 Å². The third kappa shape index (κ3) is 5.66. The molecule has 0 aromatic heterocycles. The maximum Gasteiger partial charge on any atom is 0.0351 e. The summed E-state index contributed by atoms with van der Waals surface area (Å²) >= 11 is 0. The predicted octanol–water partition coefficient (Wildman–Crippen LogP) is 4.22. The molecule has 0 aliphatic rings. The molecule has 2 heteroatoms. The Kier molecular flexibility index (Phi) is 10.3. The summed E-state index contributed by atoms with van der Waals surface area (Å²) in [6.45, 7) is 11.7. The predicted molar refractivity (Wildman–Crippen MR) is 87.7 cm³/mol. The zero-order valence-electron chi connectivity index (χ0n) is 14.0. The summed E-state index contributed by atoms with van der Waals surface area (Å²) in [4.78, 5) is 2.43. The molecule has 0 rings (SSSR count). The van der Waals surface area contributed by atoms with Crippen molar-refractivity contribution in [2.45, 2.75) is 77.3 Å². The number of rotatable bonds is 12. The van der Waals surface area contributed by atoms with E-state index in [9.17, 15) is 0 Å². The summed E-state index contributed by atoms with van der Waals surface area (Å²) in [5.74, 6) is 0. The summed E-state index contributed by atoms with van der Waals surface area (Å²) in [5, 5.41) is 3.74. The fourth-order valence-corrected chi connectivity index (χ4v) is 3.31. The van der Waals surface area contributed by atoms with Gasteiger partial charge in [-0.25, -0.2) is 0 Å². The van der Waals surface area contributed by atoms with Crippen LogP contribution in [0.15, 0.2) is 12.7 Å². The molecule has 114 valence electrons. The molecule has 19 heavy (non-hydrogen) atoms. The highest BCUT2D eigenvalue weighted by atomic mass is 15.2. The molecule has 0 aromatic rings. The van der Waals surface area contributed by atoms with Crippen molar-refractivity contribution in [1.29, 1.82) is 0 Å². The highest BCUT2D eigenvalue weighted by Crippen LogP contribution is 2.29. The molecule has 0 saturated carbocycles. The lowest BCUT2D eigenvalue weighted by molar-refractivity contribution is 0.0835. The molecule has 0 aliphatic heterocycles. The van der Waals surface area contributed by atoms with Crippen LogP contribution in [0.1, 0.15) is 65.7 Å². The zero-order valence-corrected chi connectivity index (χ0v) is 14.0. The largest absolute Gasteiger partial charge is 0.312 e. The highest BCUT2D eigenvalue weighted by Gasteiger charge is 2.36. The lowest BCUT2D eigenvalue weighted by Gasteiger charge is -2.45. The van der Waals surface area contributed by atoms with E-state index in [1.54, 1.807) is 0 Å². The molecule has 1 atom stereocenters. The molecular weight excluding hydrogens is 232 g/mol. The fourth-order valence-electron chi connectivity index (χ4n) is 3.31. The van der Waals surface area contributed by atoms with Crippen LogP contribution in [0.3, 0.4) is 0 Å². The number of unbranched alkanes of at least 4 members (excludes halogenated alkanes) is 3. The first-order valence-electron chi connectivity index (χ1n) is 8.10. The van der Waals surface area contributed by atoms with Crippen LogP contribution in [-0.2, 0) is 0 Å². The van der Waals surface area contributed by atoms with Gasteiger partial charge in [0.1, 0.15) is 0 Å². The van der Waals surface area contributed by atoms with Crippen LogP contribution in [0.4, 0.5) is 0 Å². The van der Waals surface area contributed by atoms with Gasteiger partial charge in [-0.1, -0.05) is 39.7 Å². The molecule has 0 radical (unpaired) electrons. The minimum absolute atomic E-state index is 0.300. The van der Waals surface area contributed by atoms with Crippen LogP contribution in [0.5, 0.6) is 0 Å². The van der Waals surface area contributed by atoms with E-state index in [0.717, 1.165) is 13.0 Å². The number of hydrogen-bond acceptors (Lipinski definition) is 2. The van der Waals surface area contributed by atoms with Gasteiger partial charge in [0, 0.05) is 11.6 Å². The molecular formula is C17H36N2. The maximum atomic E-state index is 3.79. The van der Waals surface area contributed by atoms with Gasteiger partial charge in [0.25, 0.3) is 0 Å². The van der Waals surface area contributed by atoms with Gasteiger partial charge in [-0.3, -0.25) is 0 Å². The fraction of sp³-hybridized carbons (Fsp3) is 0.882. The number of hydrogen-bond donors (Lipinski definition) is 1. The van der Waals surface area contributed by atoms with Gasteiger partial charge in [-0.15, -0.1) is 6.58 Å². The number of allylic oxidation sites excluding steroid dienone is 1. The molecule has 1 N–H and O–H groups in total. The SMILES string of the molecule is C=CCCCCCC(NCC)C(CC)(CC)N(C)C. The molecule has 1 unspecified atom stereocenters. The number of nitrogens with one attached hydrogen (secondary N) is 1. The first kappa shape index (κ1) is 18.7. The summed E-state index contributed by atoms with van der Waals surface area (Å²) in [6.07, 6.45) is 10.8. The first-order valence-corrected chi connectivity index (χ1v) is 8.10. The Morgan fingerprint density at radius 2 is 1.74 bits per heavy atom. The average Bonchev–Trinajstić information content (AvgIpc) is 2.40. The summed E-state index contributed by atoms with van der Waals surface area (Å²) in [6, 6.07) is 0.603. The Morgan fingerprint density at radius 1 is 1.11 bits per heavy atom. The Bertz CT molecular complexity index is 219. The molecule has 0 saturated heterocycles. The Hall–Kier alpha value is -0.340. The van der Waals surface area contributed by atoms with Crippen molar-refractivity contribution in [2.75, 3.05) is 20.6 Å². The van der Waals surface area contributed by atoms with E-state index < -0.39 is 0 Å². The third-order valence-electron chi connectivity index (χ3n) is 4.62. The standard InChI is InChI=1S/C17H36N2/c1-7-11-12-13-14-15-16(18-10-4)17(8-2,9-3)19(5)6/h7,16,18H,1,8-15H2,2-6H3.